The van der Waals surface area contributed by atoms with E-state index in [1.807, 2.05) is 0 Å². The van der Waals surface area contributed by atoms with Crippen LogP contribution in [-0.2, 0) is 4.79 Å². The molecule has 0 saturated heterocycles. The highest BCUT2D eigenvalue weighted by Gasteiger charge is 2.26. The van der Waals surface area contributed by atoms with Crippen molar-refractivity contribution in [3.63, 3.8) is 0 Å². The fourth-order valence-electron chi connectivity index (χ4n) is 2.92. The predicted octanol–water partition coefficient (Wildman–Crippen LogP) is 3.39. The van der Waals surface area contributed by atoms with Crippen LogP contribution in [0.25, 0.3) is 5.69 Å². The first-order chi connectivity index (χ1) is 13.3. The number of imidazole rings is 1. The molecule has 1 aliphatic rings. The number of fused-ring (bicyclic) bond motifs is 3. The van der Waals surface area contributed by atoms with Gasteiger partial charge in [-0.1, -0.05) is 12.1 Å². The second-order valence-corrected chi connectivity index (χ2v) is 6.12. The number of aliphatic imine (C=N–C) groups is 1. The van der Waals surface area contributed by atoms with E-state index in [2.05, 4.69) is 9.98 Å². The SMILES string of the molecule is CC(=O)O.Cc1cn2c(n1)C(O)N=C(c1ccccc1F)c1cc(F)ccc1-2. The smallest absolute Gasteiger partial charge is 0.300 e. The van der Waals surface area contributed by atoms with Gasteiger partial charge in [0.05, 0.1) is 17.1 Å². The number of aryl methyl sites for hydroxylation is 1. The first kappa shape index (κ1) is 19.4. The monoisotopic (exact) mass is 385 g/mol. The van der Waals surface area contributed by atoms with Gasteiger partial charge in [0.15, 0.2) is 5.82 Å². The van der Waals surface area contributed by atoms with E-state index >= 15 is 0 Å². The molecule has 1 aromatic heterocycles. The Bertz CT molecular complexity index is 1070. The topological polar surface area (TPSA) is 87.7 Å². The zero-order valence-corrected chi connectivity index (χ0v) is 15.1. The number of aliphatic hydroxyl groups excluding tert-OH is 1. The number of carbonyl (C=O) groups is 1. The Hall–Kier alpha value is -3.39. The molecule has 0 bridgehead atoms. The number of halogens is 2. The number of nitrogens with zero attached hydrogens (tertiary/aromatic N) is 3. The molecule has 2 N–H and O–H groups in total. The number of benzene rings is 2. The van der Waals surface area contributed by atoms with Crippen LogP contribution in [0.3, 0.4) is 0 Å². The lowest BCUT2D eigenvalue weighted by Gasteiger charge is -2.12. The number of carboxylic acids is 1. The maximum Gasteiger partial charge on any atom is 0.300 e. The molecule has 2 heterocycles. The Morgan fingerprint density at radius 2 is 1.82 bits per heavy atom. The summed E-state index contributed by atoms with van der Waals surface area (Å²) in [6, 6.07) is 10.3. The molecule has 4 rings (SSSR count). The van der Waals surface area contributed by atoms with Crippen molar-refractivity contribution in [3.05, 3.63) is 82.9 Å². The standard InChI is InChI=1S/C18H13F2N3O.C2H4O2/c1-10-9-23-15-7-6-11(19)8-13(15)16(22-18(24)17(23)21-10)12-4-2-3-5-14(12)20;1-2(3)4/h2-9,18,24H,1H3;1H3,(H,3,4). The van der Waals surface area contributed by atoms with E-state index in [4.69, 9.17) is 9.90 Å². The summed E-state index contributed by atoms with van der Waals surface area (Å²) in [6.07, 6.45) is 0.457. The molecule has 2 aromatic carbocycles. The summed E-state index contributed by atoms with van der Waals surface area (Å²) in [6.45, 7) is 2.87. The number of hydrogen-bond acceptors (Lipinski definition) is 4. The second kappa shape index (κ2) is 7.69. The first-order valence-corrected chi connectivity index (χ1v) is 8.34. The van der Waals surface area contributed by atoms with E-state index < -0.39 is 23.8 Å². The van der Waals surface area contributed by atoms with Crippen LogP contribution in [0.15, 0.2) is 53.7 Å². The zero-order valence-electron chi connectivity index (χ0n) is 15.1. The van der Waals surface area contributed by atoms with E-state index in [1.54, 1.807) is 42.0 Å². The quantitative estimate of drug-likeness (QED) is 0.672. The number of rotatable bonds is 1. The number of hydrogen-bond donors (Lipinski definition) is 2. The Balaban J connectivity index is 0.000000516. The van der Waals surface area contributed by atoms with Crippen LogP contribution in [0.5, 0.6) is 0 Å². The van der Waals surface area contributed by atoms with Gasteiger partial charge in [0.25, 0.3) is 5.97 Å². The lowest BCUT2D eigenvalue weighted by atomic mass is 10.00. The van der Waals surface area contributed by atoms with Crippen LogP contribution in [0.4, 0.5) is 8.78 Å². The molecule has 3 aromatic rings. The molecule has 0 spiro atoms. The van der Waals surface area contributed by atoms with Gasteiger partial charge in [-0.15, -0.1) is 0 Å². The molecular formula is C20H17F2N3O3. The van der Waals surface area contributed by atoms with Crippen molar-refractivity contribution in [2.75, 3.05) is 0 Å². The molecule has 6 nitrogen and oxygen atoms in total. The molecular weight excluding hydrogens is 368 g/mol. The van der Waals surface area contributed by atoms with E-state index in [0.29, 0.717) is 22.8 Å². The van der Waals surface area contributed by atoms with Gasteiger partial charge in [0.2, 0.25) is 6.23 Å². The normalized spacial score (nSPS) is 14.8. The minimum Gasteiger partial charge on any atom is -0.481 e. The van der Waals surface area contributed by atoms with Crippen molar-refractivity contribution in [2.24, 2.45) is 4.99 Å². The van der Waals surface area contributed by atoms with Crippen LogP contribution in [0.1, 0.15) is 35.8 Å². The lowest BCUT2D eigenvalue weighted by molar-refractivity contribution is -0.134. The van der Waals surface area contributed by atoms with Gasteiger partial charge < -0.3 is 10.2 Å². The van der Waals surface area contributed by atoms with Crippen molar-refractivity contribution in [2.45, 2.75) is 20.1 Å². The summed E-state index contributed by atoms with van der Waals surface area (Å²) < 4.78 is 29.8. The fraction of sp³-hybridized carbons (Fsp3) is 0.150. The number of aliphatic carboxylic acids is 1. The maximum absolute atomic E-state index is 14.3. The van der Waals surface area contributed by atoms with Gasteiger partial charge in [-0.3, -0.25) is 9.36 Å². The molecule has 0 aliphatic carbocycles. The van der Waals surface area contributed by atoms with Gasteiger partial charge in [0.1, 0.15) is 11.6 Å². The van der Waals surface area contributed by atoms with Gasteiger partial charge in [-0.05, 0) is 37.3 Å². The van der Waals surface area contributed by atoms with E-state index in [9.17, 15) is 13.9 Å². The van der Waals surface area contributed by atoms with Crippen LogP contribution in [-0.4, -0.2) is 31.4 Å². The van der Waals surface area contributed by atoms with Crippen LogP contribution in [0, 0.1) is 18.6 Å². The molecule has 144 valence electrons. The average molecular weight is 385 g/mol. The fourth-order valence-corrected chi connectivity index (χ4v) is 2.92. The Labute approximate surface area is 159 Å². The molecule has 0 radical (unpaired) electrons. The Kier molecular flexibility index (Phi) is 5.32. The summed E-state index contributed by atoms with van der Waals surface area (Å²) in [7, 11) is 0. The minimum atomic E-state index is -1.27. The van der Waals surface area contributed by atoms with E-state index in [0.717, 1.165) is 6.92 Å². The molecule has 0 fully saturated rings. The Morgan fingerprint density at radius 1 is 1.14 bits per heavy atom. The molecule has 8 heteroatoms. The lowest BCUT2D eigenvalue weighted by Crippen LogP contribution is -2.09. The first-order valence-electron chi connectivity index (χ1n) is 8.34. The summed E-state index contributed by atoms with van der Waals surface area (Å²) >= 11 is 0. The van der Waals surface area contributed by atoms with Crippen molar-refractivity contribution in [1.29, 1.82) is 0 Å². The summed E-state index contributed by atoms with van der Waals surface area (Å²) in [4.78, 5) is 17.5. The molecule has 1 unspecified atom stereocenters. The van der Waals surface area contributed by atoms with Crippen LogP contribution in [0.2, 0.25) is 0 Å². The van der Waals surface area contributed by atoms with Crippen molar-refractivity contribution in [3.8, 4) is 5.69 Å². The van der Waals surface area contributed by atoms with Gasteiger partial charge in [-0.2, -0.15) is 0 Å². The number of carboxylic acid groups (broad SMARTS) is 1. The van der Waals surface area contributed by atoms with Gasteiger partial charge in [0, 0.05) is 24.2 Å². The van der Waals surface area contributed by atoms with Crippen LogP contribution >= 0.6 is 0 Å². The van der Waals surface area contributed by atoms with E-state index in [-0.39, 0.29) is 11.3 Å². The molecule has 28 heavy (non-hydrogen) atoms. The van der Waals surface area contributed by atoms with Crippen molar-refractivity contribution < 1.29 is 23.8 Å². The number of aliphatic hydroxyl groups is 1. The van der Waals surface area contributed by atoms with E-state index in [1.165, 1.54) is 18.2 Å². The van der Waals surface area contributed by atoms with Crippen molar-refractivity contribution in [1.82, 2.24) is 9.55 Å². The second-order valence-electron chi connectivity index (χ2n) is 6.12. The van der Waals surface area contributed by atoms with Gasteiger partial charge in [-0.25, -0.2) is 18.8 Å². The highest BCUT2D eigenvalue weighted by atomic mass is 19.1. The van der Waals surface area contributed by atoms with Gasteiger partial charge >= 0.3 is 0 Å². The summed E-state index contributed by atoms with van der Waals surface area (Å²) in [5, 5.41) is 17.8. The highest BCUT2D eigenvalue weighted by Crippen LogP contribution is 2.30. The summed E-state index contributed by atoms with van der Waals surface area (Å²) in [5.74, 6) is -1.48. The van der Waals surface area contributed by atoms with Crippen molar-refractivity contribution >= 4 is 11.7 Å². The number of aromatic nitrogens is 2. The zero-order chi connectivity index (χ0) is 20.4. The molecule has 1 atom stereocenters. The molecule has 0 amide bonds. The third-order valence-electron chi connectivity index (χ3n) is 3.94. The average Bonchev–Trinajstić information content (AvgIpc) is 2.97. The molecule has 1 aliphatic heterocycles. The maximum atomic E-state index is 14.3. The predicted molar refractivity (Wildman–Crippen MR) is 98.6 cm³/mol. The Morgan fingerprint density at radius 3 is 2.50 bits per heavy atom. The largest absolute Gasteiger partial charge is 0.481 e. The summed E-state index contributed by atoms with van der Waals surface area (Å²) in [5.41, 5.74) is 2.08. The van der Waals surface area contributed by atoms with Crippen LogP contribution < -0.4 is 0 Å². The highest BCUT2D eigenvalue weighted by molar-refractivity contribution is 6.15. The molecule has 0 saturated carbocycles. The third kappa shape index (κ3) is 3.81. The minimum absolute atomic E-state index is 0.193. The third-order valence-corrected chi connectivity index (χ3v) is 3.94.